The van der Waals surface area contributed by atoms with E-state index in [9.17, 15) is 14.4 Å². The molecule has 0 unspecified atom stereocenters. The van der Waals surface area contributed by atoms with Crippen molar-refractivity contribution in [2.45, 2.75) is 32.2 Å². The highest BCUT2D eigenvalue weighted by Gasteiger charge is 2.30. The fraction of sp³-hybridized carbons (Fsp3) is 0.591. The zero-order valence-corrected chi connectivity index (χ0v) is 18.0. The number of hydrogen-bond donors (Lipinski definition) is 2. The minimum atomic E-state index is -0.436. The van der Waals surface area contributed by atoms with Crippen molar-refractivity contribution in [3.63, 3.8) is 0 Å². The number of piperazine rings is 1. The molecule has 0 radical (unpaired) electrons. The van der Waals surface area contributed by atoms with Gasteiger partial charge in [0.2, 0.25) is 5.91 Å². The maximum Gasteiger partial charge on any atom is 0.328 e. The summed E-state index contributed by atoms with van der Waals surface area (Å²) in [6.45, 7) is 6.45. The van der Waals surface area contributed by atoms with Gasteiger partial charge in [0.25, 0.3) is 5.91 Å². The summed E-state index contributed by atoms with van der Waals surface area (Å²) in [7, 11) is 0. The van der Waals surface area contributed by atoms with Crippen molar-refractivity contribution in [1.29, 1.82) is 0 Å². The Labute approximate surface area is 182 Å². The van der Waals surface area contributed by atoms with Gasteiger partial charge in [-0.3, -0.25) is 24.7 Å². The molecule has 168 valence electrons. The Balaban J connectivity index is 1.27. The van der Waals surface area contributed by atoms with E-state index in [1.54, 1.807) is 12.1 Å². The SMILES string of the molecule is Cc1ccc(OCC(=O)N2CCN(CC3CC(N)C3)CC2)cc1N1CCC(=O)NC1=O. The monoisotopic (exact) mass is 429 g/mol. The first-order valence-corrected chi connectivity index (χ1v) is 11.0. The number of imide groups is 1. The molecule has 3 fully saturated rings. The number of anilines is 1. The molecule has 4 rings (SSSR count). The molecule has 31 heavy (non-hydrogen) atoms. The smallest absolute Gasteiger partial charge is 0.328 e. The van der Waals surface area contributed by atoms with Crippen LogP contribution in [-0.4, -0.2) is 79.6 Å². The van der Waals surface area contributed by atoms with Crippen LogP contribution in [0, 0.1) is 12.8 Å². The fourth-order valence-corrected chi connectivity index (χ4v) is 4.48. The molecule has 9 heteroatoms. The molecule has 1 aromatic rings. The zero-order valence-electron chi connectivity index (χ0n) is 18.0. The van der Waals surface area contributed by atoms with Gasteiger partial charge >= 0.3 is 6.03 Å². The van der Waals surface area contributed by atoms with Crippen molar-refractivity contribution in [3.8, 4) is 5.75 Å². The molecule has 1 aliphatic carbocycles. The van der Waals surface area contributed by atoms with Crippen LogP contribution in [0.15, 0.2) is 18.2 Å². The Kier molecular flexibility index (Phi) is 6.43. The summed E-state index contributed by atoms with van der Waals surface area (Å²) < 4.78 is 5.75. The first-order chi connectivity index (χ1) is 14.9. The van der Waals surface area contributed by atoms with Crippen molar-refractivity contribution in [1.82, 2.24) is 15.1 Å². The van der Waals surface area contributed by atoms with Gasteiger partial charge in [0.1, 0.15) is 5.75 Å². The molecule has 2 heterocycles. The molecule has 3 aliphatic rings. The van der Waals surface area contributed by atoms with Crippen molar-refractivity contribution in [2.24, 2.45) is 11.7 Å². The molecule has 4 amide bonds. The second-order valence-electron chi connectivity index (χ2n) is 8.77. The molecule has 9 nitrogen and oxygen atoms in total. The molecule has 0 spiro atoms. The van der Waals surface area contributed by atoms with Gasteiger partial charge in [0, 0.05) is 57.8 Å². The van der Waals surface area contributed by atoms with E-state index in [1.807, 2.05) is 17.9 Å². The molecule has 0 bridgehead atoms. The summed E-state index contributed by atoms with van der Waals surface area (Å²) >= 11 is 0. The van der Waals surface area contributed by atoms with E-state index in [2.05, 4.69) is 10.2 Å². The predicted molar refractivity (Wildman–Crippen MR) is 116 cm³/mol. The van der Waals surface area contributed by atoms with E-state index in [0.717, 1.165) is 38.0 Å². The number of hydrogen-bond acceptors (Lipinski definition) is 6. The van der Waals surface area contributed by atoms with Crippen LogP contribution in [0.1, 0.15) is 24.8 Å². The summed E-state index contributed by atoms with van der Waals surface area (Å²) in [5.41, 5.74) is 7.44. The third kappa shape index (κ3) is 5.16. The predicted octanol–water partition coefficient (Wildman–Crippen LogP) is 0.702. The molecule has 1 saturated carbocycles. The van der Waals surface area contributed by atoms with Crippen LogP contribution in [0.4, 0.5) is 10.5 Å². The lowest BCUT2D eigenvalue weighted by molar-refractivity contribution is -0.135. The van der Waals surface area contributed by atoms with E-state index in [0.29, 0.717) is 43.0 Å². The lowest BCUT2D eigenvalue weighted by Gasteiger charge is -2.40. The number of nitrogens with one attached hydrogen (secondary N) is 1. The van der Waals surface area contributed by atoms with Crippen LogP contribution in [0.3, 0.4) is 0 Å². The third-order valence-electron chi connectivity index (χ3n) is 6.40. The summed E-state index contributed by atoms with van der Waals surface area (Å²) in [6.07, 6.45) is 2.48. The topological polar surface area (TPSA) is 108 Å². The van der Waals surface area contributed by atoms with Crippen molar-refractivity contribution < 1.29 is 19.1 Å². The number of carbonyl (C=O) groups excluding carboxylic acids is 3. The number of aryl methyl sites for hydroxylation is 1. The number of ether oxygens (including phenoxy) is 1. The van der Waals surface area contributed by atoms with Crippen molar-refractivity contribution in [3.05, 3.63) is 23.8 Å². The Morgan fingerprint density at radius 3 is 2.58 bits per heavy atom. The quantitative estimate of drug-likeness (QED) is 0.689. The molecule has 2 saturated heterocycles. The summed E-state index contributed by atoms with van der Waals surface area (Å²) in [5, 5.41) is 2.33. The van der Waals surface area contributed by atoms with Gasteiger partial charge < -0.3 is 15.4 Å². The van der Waals surface area contributed by atoms with Crippen LogP contribution in [0.25, 0.3) is 0 Å². The van der Waals surface area contributed by atoms with Crippen LogP contribution in [0.5, 0.6) is 5.75 Å². The molecular formula is C22H31N5O4. The van der Waals surface area contributed by atoms with Gasteiger partial charge in [0.05, 0.1) is 5.69 Å². The first-order valence-electron chi connectivity index (χ1n) is 11.0. The standard InChI is InChI=1S/C22H31N5O4/c1-15-2-3-18(12-19(15)27-5-4-20(28)24-22(27)30)31-14-21(29)26-8-6-25(7-9-26)13-16-10-17(23)11-16/h2-3,12,16-17H,4-11,13-14,23H2,1H3,(H,24,28,30). The Bertz CT molecular complexity index is 846. The number of amides is 4. The number of nitrogens with zero attached hydrogens (tertiary/aromatic N) is 3. The van der Waals surface area contributed by atoms with Crippen molar-refractivity contribution in [2.75, 3.05) is 50.8 Å². The molecule has 0 aromatic heterocycles. The van der Waals surface area contributed by atoms with Crippen LogP contribution < -0.4 is 20.7 Å². The largest absolute Gasteiger partial charge is 0.484 e. The van der Waals surface area contributed by atoms with E-state index in [1.165, 1.54) is 4.90 Å². The average molecular weight is 430 g/mol. The summed E-state index contributed by atoms with van der Waals surface area (Å²) in [6, 6.07) is 5.33. The van der Waals surface area contributed by atoms with Gasteiger partial charge in [-0.15, -0.1) is 0 Å². The highest BCUT2D eigenvalue weighted by atomic mass is 16.5. The number of benzene rings is 1. The first kappa shape index (κ1) is 21.6. The van der Waals surface area contributed by atoms with Crippen LogP contribution in [-0.2, 0) is 9.59 Å². The minimum absolute atomic E-state index is 0.0336. The molecule has 3 N–H and O–H groups in total. The fourth-order valence-electron chi connectivity index (χ4n) is 4.48. The number of nitrogens with two attached hydrogens (primary N) is 1. The van der Waals surface area contributed by atoms with Gasteiger partial charge in [0.15, 0.2) is 6.61 Å². The average Bonchev–Trinajstić information content (AvgIpc) is 2.73. The lowest BCUT2D eigenvalue weighted by atomic mass is 9.80. The number of rotatable bonds is 6. The van der Waals surface area contributed by atoms with Gasteiger partial charge in [-0.25, -0.2) is 4.79 Å². The van der Waals surface area contributed by atoms with E-state index in [4.69, 9.17) is 10.5 Å². The Morgan fingerprint density at radius 2 is 1.90 bits per heavy atom. The molecule has 1 aromatic carbocycles. The maximum absolute atomic E-state index is 12.6. The number of carbonyl (C=O) groups is 3. The maximum atomic E-state index is 12.6. The van der Waals surface area contributed by atoms with E-state index in [-0.39, 0.29) is 24.8 Å². The highest BCUT2D eigenvalue weighted by molar-refractivity contribution is 6.06. The highest BCUT2D eigenvalue weighted by Crippen LogP contribution is 2.28. The van der Waals surface area contributed by atoms with Crippen molar-refractivity contribution >= 4 is 23.5 Å². The van der Waals surface area contributed by atoms with E-state index >= 15 is 0 Å². The number of urea groups is 1. The third-order valence-corrected chi connectivity index (χ3v) is 6.40. The zero-order chi connectivity index (χ0) is 22.0. The summed E-state index contributed by atoms with van der Waals surface area (Å²) in [5.74, 6) is 0.928. The second-order valence-corrected chi connectivity index (χ2v) is 8.77. The van der Waals surface area contributed by atoms with Gasteiger partial charge in [-0.05, 0) is 37.3 Å². The molecule has 0 atom stereocenters. The van der Waals surface area contributed by atoms with Crippen LogP contribution in [0.2, 0.25) is 0 Å². The Hall–Kier alpha value is -2.65. The lowest BCUT2D eigenvalue weighted by Crippen LogP contribution is -2.52. The second kappa shape index (κ2) is 9.23. The minimum Gasteiger partial charge on any atom is -0.484 e. The molecular weight excluding hydrogens is 398 g/mol. The summed E-state index contributed by atoms with van der Waals surface area (Å²) in [4.78, 5) is 42.0. The van der Waals surface area contributed by atoms with Gasteiger partial charge in [-0.1, -0.05) is 6.07 Å². The Morgan fingerprint density at radius 1 is 1.16 bits per heavy atom. The van der Waals surface area contributed by atoms with Crippen LogP contribution >= 0.6 is 0 Å². The van der Waals surface area contributed by atoms with E-state index < -0.39 is 6.03 Å². The molecule has 2 aliphatic heterocycles. The normalized spacial score (nSPS) is 24.6. The van der Waals surface area contributed by atoms with Gasteiger partial charge in [-0.2, -0.15) is 0 Å².